The lowest BCUT2D eigenvalue weighted by Gasteiger charge is -2.28. The molecule has 10 heteroatoms. The Hall–Kier alpha value is -3.63. The number of anilines is 1. The van der Waals surface area contributed by atoms with E-state index in [2.05, 4.69) is 21.2 Å². The number of rotatable bonds is 5. The number of amides is 2. The second kappa shape index (κ2) is 9.08. The Bertz CT molecular complexity index is 1330. The molecule has 1 aliphatic rings. The molecule has 0 bridgehead atoms. The number of hydrogen-bond donors (Lipinski definition) is 1. The van der Waals surface area contributed by atoms with E-state index in [9.17, 15) is 19.7 Å². The van der Waals surface area contributed by atoms with Crippen molar-refractivity contribution in [3.05, 3.63) is 86.1 Å². The van der Waals surface area contributed by atoms with Crippen LogP contribution in [0.5, 0.6) is 0 Å². The molecule has 2 aromatic carbocycles. The summed E-state index contributed by atoms with van der Waals surface area (Å²) >= 11 is 8.53. The van der Waals surface area contributed by atoms with Crippen molar-refractivity contribution in [2.75, 3.05) is 4.90 Å². The Morgan fingerprint density at radius 1 is 1.15 bits per heavy atom. The van der Waals surface area contributed by atoms with Gasteiger partial charge in [0.05, 0.1) is 10.6 Å². The zero-order chi connectivity index (χ0) is 23.7. The first-order valence-electron chi connectivity index (χ1n) is 9.83. The summed E-state index contributed by atoms with van der Waals surface area (Å²) in [6, 6.07) is 14.9. The molecule has 2 heterocycles. The van der Waals surface area contributed by atoms with Crippen LogP contribution < -0.4 is 10.2 Å². The molecule has 1 fully saturated rings. The number of carbonyl (C=O) groups is 2. The third kappa shape index (κ3) is 4.48. The van der Waals surface area contributed by atoms with Gasteiger partial charge in [-0.25, -0.2) is 0 Å². The molecule has 0 spiro atoms. The molecular weight excluding hydrogens is 510 g/mol. The molecule has 0 atom stereocenters. The number of nitro benzene ring substituents is 1. The number of carbonyl (C=O) groups excluding carboxylic acids is 2. The Morgan fingerprint density at radius 3 is 2.52 bits per heavy atom. The van der Waals surface area contributed by atoms with Gasteiger partial charge in [0.1, 0.15) is 17.1 Å². The number of hydrogen-bond acceptors (Lipinski definition) is 6. The number of halogens is 1. The lowest BCUT2D eigenvalue weighted by atomic mass is 10.1. The van der Waals surface area contributed by atoms with Gasteiger partial charge >= 0.3 is 0 Å². The van der Waals surface area contributed by atoms with Gasteiger partial charge in [-0.3, -0.25) is 29.9 Å². The third-order valence-electron chi connectivity index (χ3n) is 5.05. The molecule has 0 saturated carbocycles. The molecule has 2 amide bonds. The lowest BCUT2D eigenvalue weighted by molar-refractivity contribution is -0.384. The van der Waals surface area contributed by atoms with E-state index < -0.39 is 16.7 Å². The summed E-state index contributed by atoms with van der Waals surface area (Å²) in [6.07, 6.45) is 2.20. The van der Waals surface area contributed by atoms with Crippen molar-refractivity contribution < 1.29 is 18.9 Å². The molecule has 1 saturated heterocycles. The van der Waals surface area contributed by atoms with Gasteiger partial charge in [-0.15, -0.1) is 0 Å². The number of nitro groups is 1. The summed E-state index contributed by atoms with van der Waals surface area (Å²) in [4.78, 5) is 37.3. The highest BCUT2D eigenvalue weighted by Gasteiger charge is 2.34. The van der Waals surface area contributed by atoms with Crippen molar-refractivity contribution in [3.8, 4) is 11.3 Å². The number of thiocarbonyl (C=S) groups is 1. The van der Waals surface area contributed by atoms with Crippen LogP contribution in [0.3, 0.4) is 0 Å². The molecule has 0 aliphatic carbocycles. The summed E-state index contributed by atoms with van der Waals surface area (Å²) in [5.74, 6) is -0.513. The maximum Gasteiger partial charge on any atom is 0.270 e. The number of aryl methyl sites for hydroxylation is 1. The topological polar surface area (TPSA) is 106 Å². The monoisotopic (exact) mass is 525 g/mol. The maximum atomic E-state index is 13.1. The van der Waals surface area contributed by atoms with E-state index in [1.54, 1.807) is 30.3 Å². The molecular formula is C23H16BrN3O5S. The van der Waals surface area contributed by atoms with Crippen LogP contribution in [0.1, 0.15) is 18.2 Å². The fraction of sp³-hybridized carbons (Fsp3) is 0.0870. The van der Waals surface area contributed by atoms with Gasteiger partial charge in [-0.05, 0) is 76.5 Å². The minimum absolute atomic E-state index is 0.00124. The van der Waals surface area contributed by atoms with Crippen LogP contribution >= 0.6 is 28.1 Å². The van der Waals surface area contributed by atoms with E-state index in [0.717, 1.165) is 12.0 Å². The van der Waals surface area contributed by atoms with Gasteiger partial charge < -0.3 is 4.42 Å². The summed E-state index contributed by atoms with van der Waals surface area (Å²) in [7, 11) is 0. The van der Waals surface area contributed by atoms with Gasteiger partial charge in [-0.1, -0.05) is 19.1 Å². The van der Waals surface area contributed by atoms with Crippen LogP contribution in [-0.4, -0.2) is 21.9 Å². The van der Waals surface area contributed by atoms with Gasteiger partial charge in [0, 0.05) is 22.2 Å². The van der Waals surface area contributed by atoms with E-state index in [0.29, 0.717) is 21.5 Å². The summed E-state index contributed by atoms with van der Waals surface area (Å²) in [6.45, 7) is 2.03. The molecule has 1 aliphatic heterocycles. The van der Waals surface area contributed by atoms with Crippen LogP contribution in [0.2, 0.25) is 0 Å². The number of nitrogens with zero attached hydrogens (tertiary/aromatic N) is 2. The molecule has 0 radical (unpaired) electrons. The quantitative estimate of drug-likeness (QED) is 0.165. The number of benzene rings is 2. The molecule has 33 heavy (non-hydrogen) atoms. The highest BCUT2D eigenvalue weighted by Crippen LogP contribution is 2.33. The Kier molecular flexibility index (Phi) is 6.21. The minimum atomic E-state index is -0.624. The molecule has 3 aromatic rings. The highest BCUT2D eigenvalue weighted by molar-refractivity contribution is 9.10. The largest absolute Gasteiger partial charge is 0.457 e. The third-order valence-corrected chi connectivity index (χ3v) is 5.99. The Labute approximate surface area is 202 Å². The van der Waals surface area contributed by atoms with E-state index in [1.165, 1.54) is 23.1 Å². The first kappa shape index (κ1) is 22.6. The predicted octanol–water partition coefficient (Wildman–Crippen LogP) is 5.01. The van der Waals surface area contributed by atoms with Crippen molar-refractivity contribution in [2.24, 2.45) is 0 Å². The minimum Gasteiger partial charge on any atom is -0.457 e. The van der Waals surface area contributed by atoms with E-state index in [4.69, 9.17) is 16.6 Å². The molecule has 4 rings (SSSR count). The lowest BCUT2D eigenvalue weighted by Crippen LogP contribution is -2.54. The van der Waals surface area contributed by atoms with Crippen LogP contribution in [-0.2, 0) is 16.0 Å². The molecule has 166 valence electrons. The average molecular weight is 526 g/mol. The fourth-order valence-electron chi connectivity index (χ4n) is 3.31. The van der Waals surface area contributed by atoms with Gasteiger partial charge in [0.25, 0.3) is 17.5 Å². The van der Waals surface area contributed by atoms with E-state index in [1.807, 2.05) is 19.1 Å². The summed E-state index contributed by atoms with van der Waals surface area (Å²) in [5.41, 5.74) is 2.04. The van der Waals surface area contributed by atoms with E-state index >= 15 is 0 Å². The average Bonchev–Trinajstić information content (AvgIpc) is 3.25. The zero-order valence-electron chi connectivity index (χ0n) is 17.2. The van der Waals surface area contributed by atoms with Gasteiger partial charge in [0.15, 0.2) is 5.11 Å². The van der Waals surface area contributed by atoms with Crippen molar-refractivity contribution >= 4 is 62.5 Å². The molecule has 1 N–H and O–H groups in total. The van der Waals surface area contributed by atoms with Crippen molar-refractivity contribution in [1.29, 1.82) is 0 Å². The smallest absolute Gasteiger partial charge is 0.270 e. The van der Waals surface area contributed by atoms with Crippen LogP contribution in [0.25, 0.3) is 17.4 Å². The Balaban J connectivity index is 1.65. The summed E-state index contributed by atoms with van der Waals surface area (Å²) in [5, 5.41) is 13.5. The fourth-order valence-corrected chi connectivity index (χ4v) is 4.15. The highest BCUT2D eigenvalue weighted by atomic mass is 79.9. The van der Waals surface area contributed by atoms with E-state index in [-0.39, 0.29) is 22.1 Å². The first-order chi connectivity index (χ1) is 15.8. The van der Waals surface area contributed by atoms with Crippen molar-refractivity contribution in [1.82, 2.24) is 5.32 Å². The van der Waals surface area contributed by atoms with Crippen LogP contribution in [0.4, 0.5) is 11.4 Å². The standard InChI is InChI=1S/C23H16BrN3O5S/c1-2-13-3-5-14(6-4-13)26-22(29)18(21(28)25-23(26)33)12-16-8-10-20(32-16)17-9-7-15(27(30)31)11-19(17)24/h3-12H,2H2,1H3,(H,25,28,33)/b18-12-. The first-order valence-corrected chi connectivity index (χ1v) is 11.0. The second-order valence-corrected chi connectivity index (χ2v) is 8.34. The van der Waals surface area contributed by atoms with Gasteiger partial charge in [-0.2, -0.15) is 0 Å². The van der Waals surface area contributed by atoms with Gasteiger partial charge in [0.2, 0.25) is 0 Å². The molecule has 1 aromatic heterocycles. The zero-order valence-corrected chi connectivity index (χ0v) is 19.6. The van der Waals surface area contributed by atoms with Crippen LogP contribution in [0.15, 0.2) is 69.1 Å². The second-order valence-electron chi connectivity index (χ2n) is 7.10. The normalized spacial score (nSPS) is 15.2. The van der Waals surface area contributed by atoms with Crippen LogP contribution in [0, 0.1) is 10.1 Å². The Morgan fingerprint density at radius 2 is 1.88 bits per heavy atom. The SMILES string of the molecule is CCc1ccc(N2C(=O)/C(=C\c3ccc(-c4ccc([N+](=O)[O-])cc4Br)o3)C(=O)NC2=S)cc1. The molecule has 0 unspecified atom stereocenters. The predicted molar refractivity (Wildman–Crippen MR) is 131 cm³/mol. The summed E-state index contributed by atoms with van der Waals surface area (Å²) < 4.78 is 6.26. The van der Waals surface area contributed by atoms with Crippen molar-refractivity contribution in [3.63, 3.8) is 0 Å². The number of furan rings is 1. The van der Waals surface area contributed by atoms with Crippen molar-refractivity contribution in [2.45, 2.75) is 13.3 Å². The number of non-ortho nitro benzene ring substituents is 1. The number of nitrogens with one attached hydrogen (secondary N) is 1. The molecule has 8 nitrogen and oxygen atoms in total. The maximum absolute atomic E-state index is 13.1.